The van der Waals surface area contributed by atoms with Crippen molar-refractivity contribution in [3.8, 4) is 0 Å². The monoisotopic (exact) mass is 306 g/mol. The fourth-order valence-corrected chi connectivity index (χ4v) is 4.61. The van der Waals surface area contributed by atoms with Gasteiger partial charge < -0.3 is 10.5 Å². The van der Waals surface area contributed by atoms with E-state index in [1.54, 1.807) is 4.31 Å². The van der Waals surface area contributed by atoms with Crippen molar-refractivity contribution < 1.29 is 13.2 Å². The van der Waals surface area contributed by atoms with Crippen LogP contribution >= 0.6 is 0 Å². The van der Waals surface area contributed by atoms with Gasteiger partial charge in [0.15, 0.2) is 0 Å². The molecule has 0 amide bonds. The van der Waals surface area contributed by atoms with E-state index in [4.69, 9.17) is 10.5 Å². The van der Waals surface area contributed by atoms with Crippen LogP contribution in [-0.2, 0) is 14.8 Å². The minimum Gasteiger partial charge on any atom is -0.378 e. The molecular formula is C14H30N2O3S. The van der Waals surface area contributed by atoms with Crippen LogP contribution in [0, 0.1) is 5.92 Å². The third-order valence-electron chi connectivity index (χ3n) is 4.00. The van der Waals surface area contributed by atoms with Crippen LogP contribution in [0.4, 0.5) is 0 Å². The lowest BCUT2D eigenvalue weighted by Crippen LogP contribution is -2.49. The average Bonchev–Trinajstić information content (AvgIpc) is 2.39. The molecule has 0 aromatic heterocycles. The molecule has 120 valence electrons. The zero-order valence-electron chi connectivity index (χ0n) is 13.0. The van der Waals surface area contributed by atoms with Gasteiger partial charge in [-0.25, -0.2) is 8.42 Å². The Morgan fingerprint density at radius 3 is 2.50 bits per heavy atom. The molecule has 0 aromatic rings. The van der Waals surface area contributed by atoms with Gasteiger partial charge in [-0.2, -0.15) is 4.31 Å². The molecule has 1 aliphatic carbocycles. The number of nitrogens with zero attached hydrogens (tertiary/aromatic N) is 1. The van der Waals surface area contributed by atoms with Gasteiger partial charge in [0.25, 0.3) is 0 Å². The number of sulfonamides is 1. The number of nitrogens with two attached hydrogens (primary N) is 1. The summed E-state index contributed by atoms with van der Waals surface area (Å²) < 4.78 is 32.1. The lowest BCUT2D eigenvalue weighted by Gasteiger charge is -2.38. The van der Waals surface area contributed by atoms with Gasteiger partial charge in [0.2, 0.25) is 10.0 Å². The summed E-state index contributed by atoms with van der Waals surface area (Å²) in [6.45, 7) is 7.08. The van der Waals surface area contributed by atoms with Crippen molar-refractivity contribution in [2.45, 2.75) is 58.6 Å². The summed E-state index contributed by atoms with van der Waals surface area (Å²) in [7, 11) is -3.26. The Morgan fingerprint density at radius 1 is 1.30 bits per heavy atom. The highest BCUT2D eigenvalue weighted by Gasteiger charge is 2.34. The van der Waals surface area contributed by atoms with Crippen molar-refractivity contribution in [3.05, 3.63) is 0 Å². The summed E-state index contributed by atoms with van der Waals surface area (Å²) in [5.74, 6) is 0.358. The molecule has 0 spiro atoms. The number of hydrogen-bond donors (Lipinski definition) is 1. The van der Waals surface area contributed by atoms with Gasteiger partial charge in [0.05, 0.1) is 18.5 Å². The first-order chi connectivity index (χ1) is 9.42. The lowest BCUT2D eigenvalue weighted by molar-refractivity contribution is 0.0899. The zero-order chi connectivity index (χ0) is 15.2. The largest absolute Gasteiger partial charge is 0.378 e. The van der Waals surface area contributed by atoms with Gasteiger partial charge in [-0.1, -0.05) is 19.8 Å². The van der Waals surface area contributed by atoms with E-state index < -0.39 is 10.0 Å². The summed E-state index contributed by atoms with van der Waals surface area (Å²) in [5, 5.41) is 0. The third kappa shape index (κ3) is 4.98. The van der Waals surface area contributed by atoms with E-state index in [2.05, 4.69) is 0 Å². The van der Waals surface area contributed by atoms with Crippen LogP contribution in [0.25, 0.3) is 0 Å². The van der Waals surface area contributed by atoms with Crippen molar-refractivity contribution in [1.29, 1.82) is 0 Å². The van der Waals surface area contributed by atoms with Gasteiger partial charge in [0.1, 0.15) is 0 Å². The van der Waals surface area contributed by atoms with Gasteiger partial charge in [-0.15, -0.1) is 0 Å². The van der Waals surface area contributed by atoms with E-state index in [0.717, 1.165) is 25.7 Å². The van der Waals surface area contributed by atoms with Crippen molar-refractivity contribution in [2.24, 2.45) is 11.7 Å². The molecule has 0 heterocycles. The third-order valence-corrected chi connectivity index (χ3v) is 5.93. The second-order valence-electron chi connectivity index (χ2n) is 5.79. The Balaban J connectivity index is 2.71. The Bertz CT molecular complexity index is 371. The van der Waals surface area contributed by atoms with Gasteiger partial charge >= 0.3 is 0 Å². The van der Waals surface area contributed by atoms with Gasteiger partial charge in [-0.05, 0) is 39.2 Å². The second kappa shape index (κ2) is 8.32. The first-order valence-electron chi connectivity index (χ1n) is 7.73. The standard InChI is InChI=1S/C14H30N2O3S/c1-4-16(14-8-6-5-7-13(14)11-15)20(17,18)10-9-19-12(2)3/h12-14H,4-11,15H2,1-3H3. The maximum atomic E-state index is 12.5. The van der Waals surface area contributed by atoms with Crippen molar-refractivity contribution in [3.63, 3.8) is 0 Å². The summed E-state index contributed by atoms with van der Waals surface area (Å²) in [6.07, 6.45) is 4.28. The lowest BCUT2D eigenvalue weighted by atomic mass is 9.84. The highest BCUT2D eigenvalue weighted by Crippen LogP contribution is 2.29. The maximum absolute atomic E-state index is 12.5. The molecule has 0 aliphatic heterocycles. The quantitative estimate of drug-likeness (QED) is 0.739. The molecular weight excluding hydrogens is 276 g/mol. The predicted molar refractivity (Wildman–Crippen MR) is 82.1 cm³/mol. The summed E-state index contributed by atoms with van der Waals surface area (Å²) in [4.78, 5) is 0. The zero-order valence-corrected chi connectivity index (χ0v) is 13.9. The fourth-order valence-electron chi connectivity index (χ4n) is 2.99. The van der Waals surface area contributed by atoms with Crippen LogP contribution in [0.15, 0.2) is 0 Å². The van der Waals surface area contributed by atoms with E-state index in [1.807, 2.05) is 20.8 Å². The van der Waals surface area contributed by atoms with E-state index in [-0.39, 0.29) is 24.5 Å². The Kier molecular flexibility index (Phi) is 7.43. The topological polar surface area (TPSA) is 72.6 Å². The van der Waals surface area contributed by atoms with E-state index >= 15 is 0 Å². The van der Waals surface area contributed by atoms with Crippen LogP contribution in [0.5, 0.6) is 0 Å². The molecule has 2 N–H and O–H groups in total. The minimum atomic E-state index is -3.26. The van der Waals surface area contributed by atoms with E-state index in [0.29, 0.717) is 19.0 Å². The second-order valence-corrected chi connectivity index (χ2v) is 7.83. The molecule has 0 bridgehead atoms. The molecule has 0 aromatic carbocycles. The number of hydrogen-bond acceptors (Lipinski definition) is 4. The molecule has 0 radical (unpaired) electrons. The van der Waals surface area contributed by atoms with Gasteiger partial charge in [-0.3, -0.25) is 0 Å². The summed E-state index contributed by atoms with van der Waals surface area (Å²) >= 11 is 0. The fraction of sp³-hybridized carbons (Fsp3) is 1.00. The summed E-state index contributed by atoms with van der Waals surface area (Å²) in [5.41, 5.74) is 5.82. The molecule has 6 heteroatoms. The Morgan fingerprint density at radius 2 is 1.95 bits per heavy atom. The number of ether oxygens (including phenoxy) is 1. The Labute approximate surface area is 123 Å². The highest BCUT2D eigenvalue weighted by molar-refractivity contribution is 7.89. The molecule has 2 unspecified atom stereocenters. The van der Waals surface area contributed by atoms with Crippen LogP contribution in [-0.4, -0.2) is 50.3 Å². The van der Waals surface area contributed by atoms with Crippen molar-refractivity contribution in [1.82, 2.24) is 4.31 Å². The number of rotatable bonds is 8. The predicted octanol–water partition coefficient (Wildman–Crippen LogP) is 1.58. The summed E-state index contributed by atoms with van der Waals surface area (Å²) in [6, 6.07) is 0.0720. The molecule has 20 heavy (non-hydrogen) atoms. The Hall–Kier alpha value is -0.170. The van der Waals surface area contributed by atoms with Crippen LogP contribution in [0.1, 0.15) is 46.5 Å². The molecule has 1 saturated carbocycles. The maximum Gasteiger partial charge on any atom is 0.216 e. The van der Waals surface area contributed by atoms with Crippen molar-refractivity contribution in [2.75, 3.05) is 25.4 Å². The highest BCUT2D eigenvalue weighted by atomic mass is 32.2. The minimum absolute atomic E-state index is 0.0618. The van der Waals surface area contributed by atoms with Crippen molar-refractivity contribution >= 4 is 10.0 Å². The average molecular weight is 306 g/mol. The van der Waals surface area contributed by atoms with Crippen LogP contribution in [0.2, 0.25) is 0 Å². The normalized spacial score (nSPS) is 24.5. The molecule has 2 atom stereocenters. The first kappa shape index (κ1) is 17.9. The molecule has 5 nitrogen and oxygen atoms in total. The first-order valence-corrected chi connectivity index (χ1v) is 9.34. The van der Waals surface area contributed by atoms with E-state index in [9.17, 15) is 8.42 Å². The van der Waals surface area contributed by atoms with Crippen LogP contribution in [0.3, 0.4) is 0 Å². The smallest absolute Gasteiger partial charge is 0.216 e. The molecule has 1 aliphatic rings. The van der Waals surface area contributed by atoms with Gasteiger partial charge in [0, 0.05) is 12.6 Å². The molecule has 0 saturated heterocycles. The van der Waals surface area contributed by atoms with E-state index in [1.165, 1.54) is 0 Å². The van der Waals surface area contributed by atoms with Crippen LogP contribution < -0.4 is 5.73 Å². The molecule has 1 rings (SSSR count). The SMILES string of the molecule is CCN(C1CCCCC1CN)S(=O)(=O)CCOC(C)C. The molecule has 1 fully saturated rings.